The molecule has 1 saturated carbocycles. The molecule has 0 spiro atoms. The van der Waals surface area contributed by atoms with Crippen LogP contribution in [0.3, 0.4) is 0 Å². The summed E-state index contributed by atoms with van der Waals surface area (Å²) in [6, 6.07) is 1.07. The van der Waals surface area contributed by atoms with Crippen LogP contribution in [0.1, 0.15) is 36.5 Å². The fourth-order valence-corrected chi connectivity index (χ4v) is 2.37. The Labute approximate surface area is 120 Å². The van der Waals surface area contributed by atoms with Gasteiger partial charge in [0.2, 0.25) is 0 Å². The van der Waals surface area contributed by atoms with Crippen molar-refractivity contribution in [1.82, 2.24) is 4.90 Å². The van der Waals surface area contributed by atoms with Crippen molar-refractivity contribution >= 4 is 11.6 Å². The number of rotatable bonds is 5. The molecule has 0 radical (unpaired) electrons. The standard InChI is InChI=1S/C14H16F2N2O3/c1-2-17(8-9-4-3-5-9)14(19)10-6-11(15)12(16)7-13(10)18(20)21/h6-7,9H,2-5,8H2,1H3. The zero-order valence-electron chi connectivity index (χ0n) is 11.6. The van der Waals surface area contributed by atoms with E-state index in [1.807, 2.05) is 0 Å². The third-order valence-electron chi connectivity index (χ3n) is 3.84. The molecule has 1 amide bonds. The van der Waals surface area contributed by atoms with Crippen molar-refractivity contribution in [2.75, 3.05) is 13.1 Å². The number of nitrogens with zero attached hydrogens (tertiary/aromatic N) is 2. The van der Waals surface area contributed by atoms with Gasteiger partial charge < -0.3 is 4.90 Å². The third kappa shape index (κ3) is 3.17. The summed E-state index contributed by atoms with van der Waals surface area (Å²) in [4.78, 5) is 23.9. The highest BCUT2D eigenvalue weighted by molar-refractivity contribution is 5.98. The van der Waals surface area contributed by atoms with Crippen LogP contribution in [-0.2, 0) is 0 Å². The maximum atomic E-state index is 13.3. The molecule has 1 aromatic rings. The first-order valence-electron chi connectivity index (χ1n) is 6.86. The summed E-state index contributed by atoms with van der Waals surface area (Å²) in [6.07, 6.45) is 3.15. The van der Waals surface area contributed by atoms with Gasteiger partial charge in [-0.05, 0) is 31.7 Å². The highest BCUT2D eigenvalue weighted by Crippen LogP contribution is 2.29. The molecule has 0 aliphatic heterocycles. The predicted octanol–water partition coefficient (Wildman–Crippen LogP) is 3.14. The van der Waals surface area contributed by atoms with E-state index in [-0.39, 0.29) is 0 Å². The van der Waals surface area contributed by atoms with Gasteiger partial charge in [0.1, 0.15) is 5.56 Å². The van der Waals surface area contributed by atoms with Gasteiger partial charge in [0, 0.05) is 13.1 Å². The van der Waals surface area contributed by atoms with Crippen LogP contribution >= 0.6 is 0 Å². The van der Waals surface area contributed by atoms with Crippen LogP contribution in [0.25, 0.3) is 0 Å². The molecule has 1 fully saturated rings. The third-order valence-corrected chi connectivity index (χ3v) is 3.84. The van der Waals surface area contributed by atoms with E-state index in [9.17, 15) is 23.7 Å². The SMILES string of the molecule is CCN(CC1CCC1)C(=O)c1cc(F)c(F)cc1[N+](=O)[O-]. The molecule has 114 valence electrons. The van der Waals surface area contributed by atoms with E-state index in [0.29, 0.717) is 31.1 Å². The van der Waals surface area contributed by atoms with Crippen molar-refractivity contribution in [3.05, 3.63) is 39.4 Å². The number of benzene rings is 1. The van der Waals surface area contributed by atoms with Crippen molar-refractivity contribution in [3.63, 3.8) is 0 Å². The Balaban J connectivity index is 2.31. The molecule has 21 heavy (non-hydrogen) atoms. The first kappa shape index (κ1) is 15.3. The lowest BCUT2D eigenvalue weighted by molar-refractivity contribution is -0.385. The summed E-state index contributed by atoms with van der Waals surface area (Å²) >= 11 is 0. The van der Waals surface area contributed by atoms with Gasteiger partial charge in [-0.3, -0.25) is 14.9 Å². The second-order valence-corrected chi connectivity index (χ2v) is 5.18. The zero-order chi connectivity index (χ0) is 15.6. The van der Waals surface area contributed by atoms with Gasteiger partial charge in [0.15, 0.2) is 11.6 Å². The van der Waals surface area contributed by atoms with Crippen LogP contribution in [0.2, 0.25) is 0 Å². The molecule has 1 aliphatic rings. The molecule has 0 aromatic heterocycles. The number of carbonyl (C=O) groups is 1. The fourth-order valence-electron chi connectivity index (χ4n) is 2.37. The summed E-state index contributed by atoms with van der Waals surface area (Å²) in [7, 11) is 0. The molecule has 0 heterocycles. The quantitative estimate of drug-likeness (QED) is 0.619. The lowest BCUT2D eigenvalue weighted by Gasteiger charge is -2.31. The average Bonchev–Trinajstić information content (AvgIpc) is 2.39. The number of carbonyl (C=O) groups excluding carboxylic acids is 1. The number of halogens is 2. The molecule has 7 heteroatoms. The molecule has 0 bridgehead atoms. The van der Waals surface area contributed by atoms with E-state index < -0.39 is 33.7 Å². The van der Waals surface area contributed by atoms with Crippen LogP contribution < -0.4 is 0 Å². The molecule has 0 N–H and O–H groups in total. The van der Waals surface area contributed by atoms with Gasteiger partial charge in [0.05, 0.1) is 11.0 Å². The Hall–Kier alpha value is -2.05. The molecular weight excluding hydrogens is 282 g/mol. The van der Waals surface area contributed by atoms with E-state index in [1.165, 1.54) is 4.90 Å². The highest BCUT2D eigenvalue weighted by atomic mass is 19.2. The maximum Gasteiger partial charge on any atom is 0.285 e. The minimum atomic E-state index is -1.33. The summed E-state index contributed by atoms with van der Waals surface area (Å²) < 4.78 is 26.5. The molecule has 1 aliphatic carbocycles. The first-order valence-corrected chi connectivity index (χ1v) is 6.86. The molecule has 0 atom stereocenters. The second-order valence-electron chi connectivity index (χ2n) is 5.18. The van der Waals surface area contributed by atoms with Crippen molar-refractivity contribution in [2.24, 2.45) is 5.92 Å². The molecule has 1 aromatic carbocycles. The largest absolute Gasteiger partial charge is 0.338 e. The van der Waals surface area contributed by atoms with Gasteiger partial charge in [0.25, 0.3) is 11.6 Å². The number of nitro benzene ring substituents is 1. The Bertz CT molecular complexity index is 574. The molecule has 5 nitrogen and oxygen atoms in total. The Morgan fingerprint density at radius 1 is 1.38 bits per heavy atom. The monoisotopic (exact) mass is 298 g/mol. The summed E-state index contributed by atoms with van der Waals surface area (Å²) in [5.41, 5.74) is -1.11. The number of hydrogen-bond acceptors (Lipinski definition) is 3. The lowest BCUT2D eigenvalue weighted by atomic mass is 9.85. The zero-order valence-corrected chi connectivity index (χ0v) is 11.6. The van der Waals surface area contributed by atoms with Crippen molar-refractivity contribution < 1.29 is 18.5 Å². The first-order chi connectivity index (χ1) is 9.93. The number of nitro groups is 1. The summed E-state index contributed by atoms with van der Waals surface area (Å²) in [5, 5.41) is 10.9. The van der Waals surface area contributed by atoms with Crippen LogP contribution in [-0.4, -0.2) is 28.8 Å². The van der Waals surface area contributed by atoms with Crippen LogP contribution in [0.15, 0.2) is 12.1 Å². The topological polar surface area (TPSA) is 63.5 Å². The van der Waals surface area contributed by atoms with Gasteiger partial charge >= 0.3 is 0 Å². The van der Waals surface area contributed by atoms with E-state index >= 15 is 0 Å². The molecular formula is C14H16F2N2O3. The van der Waals surface area contributed by atoms with E-state index in [1.54, 1.807) is 6.92 Å². The molecule has 0 saturated heterocycles. The van der Waals surface area contributed by atoms with Gasteiger partial charge in [-0.1, -0.05) is 6.42 Å². The molecule has 2 rings (SSSR count). The van der Waals surface area contributed by atoms with Gasteiger partial charge in [-0.2, -0.15) is 0 Å². The maximum absolute atomic E-state index is 13.3. The number of amides is 1. The van der Waals surface area contributed by atoms with Crippen molar-refractivity contribution in [2.45, 2.75) is 26.2 Å². The summed E-state index contributed by atoms with van der Waals surface area (Å²) in [6.45, 7) is 2.61. The van der Waals surface area contributed by atoms with Crippen molar-refractivity contribution in [3.8, 4) is 0 Å². The Morgan fingerprint density at radius 2 is 2.00 bits per heavy atom. The van der Waals surface area contributed by atoms with Crippen LogP contribution in [0.5, 0.6) is 0 Å². The number of hydrogen-bond donors (Lipinski definition) is 0. The fraction of sp³-hybridized carbons (Fsp3) is 0.500. The van der Waals surface area contributed by atoms with Gasteiger partial charge in [-0.25, -0.2) is 8.78 Å². The second kappa shape index (κ2) is 6.15. The predicted molar refractivity (Wildman–Crippen MR) is 71.9 cm³/mol. The van der Waals surface area contributed by atoms with E-state index in [0.717, 1.165) is 19.3 Å². The minimum Gasteiger partial charge on any atom is -0.338 e. The van der Waals surface area contributed by atoms with E-state index in [2.05, 4.69) is 0 Å². The summed E-state index contributed by atoms with van der Waals surface area (Å²) in [5.74, 6) is -2.84. The van der Waals surface area contributed by atoms with Crippen LogP contribution in [0, 0.1) is 27.7 Å². The minimum absolute atomic E-state index is 0.367. The average molecular weight is 298 g/mol. The van der Waals surface area contributed by atoms with Crippen molar-refractivity contribution in [1.29, 1.82) is 0 Å². The van der Waals surface area contributed by atoms with Crippen LogP contribution in [0.4, 0.5) is 14.5 Å². The smallest absolute Gasteiger partial charge is 0.285 e. The highest BCUT2D eigenvalue weighted by Gasteiger charge is 2.29. The molecule has 0 unspecified atom stereocenters. The normalized spacial score (nSPS) is 14.6. The lowest BCUT2D eigenvalue weighted by Crippen LogP contribution is -2.37. The Morgan fingerprint density at radius 3 is 2.48 bits per heavy atom. The van der Waals surface area contributed by atoms with Gasteiger partial charge in [-0.15, -0.1) is 0 Å². The Kier molecular flexibility index (Phi) is 4.50. The van der Waals surface area contributed by atoms with E-state index in [4.69, 9.17) is 0 Å².